The van der Waals surface area contributed by atoms with Crippen molar-refractivity contribution in [3.8, 4) is 23.0 Å². The van der Waals surface area contributed by atoms with Gasteiger partial charge in [-0.3, -0.25) is 0 Å². The molecule has 0 aromatic heterocycles. The van der Waals surface area contributed by atoms with Crippen LogP contribution in [-0.2, 0) is 20.7 Å². The topological polar surface area (TPSA) is 77.5 Å². The van der Waals surface area contributed by atoms with Crippen LogP contribution in [0.3, 0.4) is 0 Å². The number of ether oxygens (including phenoxy) is 4. The van der Waals surface area contributed by atoms with E-state index in [9.17, 15) is 9.59 Å². The standard InChI is InChI=1S/C42H36N2O6/c1-5-43(6-2)25-17-19-31-35(21-25)47-37-23-34-38(24-33(37)41(31)29-15-11-9-13-27(29)39(45)49-41)48-36-22-26(44(7-3)8-4)18-20-32(36)42(34)30-16-12-10-14-28(30)40(46)50-42/h9-24H,5-8H2,1-4H3/t41-,42+. The molecule has 4 aliphatic rings. The zero-order valence-corrected chi connectivity index (χ0v) is 28.4. The van der Waals surface area contributed by atoms with Gasteiger partial charge in [-0.05, 0) is 76.2 Å². The zero-order valence-electron chi connectivity index (χ0n) is 28.4. The Morgan fingerprint density at radius 2 is 0.840 bits per heavy atom. The van der Waals surface area contributed by atoms with Crippen molar-refractivity contribution in [2.45, 2.75) is 38.9 Å². The second-order valence-corrected chi connectivity index (χ2v) is 13.0. The molecule has 9 rings (SSSR count). The summed E-state index contributed by atoms with van der Waals surface area (Å²) in [7, 11) is 0. The highest BCUT2D eigenvalue weighted by Crippen LogP contribution is 2.62. The summed E-state index contributed by atoms with van der Waals surface area (Å²) in [6.07, 6.45) is 0. The first kappa shape index (κ1) is 30.3. The van der Waals surface area contributed by atoms with Crippen LogP contribution in [0.2, 0.25) is 0 Å². The van der Waals surface area contributed by atoms with Gasteiger partial charge in [0.25, 0.3) is 0 Å². The molecule has 0 saturated heterocycles. The molecule has 8 heteroatoms. The molecule has 4 heterocycles. The number of hydrogen-bond acceptors (Lipinski definition) is 8. The molecule has 2 atom stereocenters. The Bertz CT molecular complexity index is 2100. The zero-order chi connectivity index (χ0) is 34.4. The first-order chi connectivity index (χ1) is 24.4. The first-order valence-electron chi connectivity index (χ1n) is 17.4. The summed E-state index contributed by atoms with van der Waals surface area (Å²) >= 11 is 0. The maximum atomic E-state index is 13.6. The van der Waals surface area contributed by atoms with Crippen LogP contribution in [0.25, 0.3) is 0 Å². The van der Waals surface area contributed by atoms with Crippen molar-refractivity contribution in [3.05, 3.63) is 142 Å². The number of carbonyl (C=O) groups is 2. The smallest absolute Gasteiger partial charge is 0.340 e. The van der Waals surface area contributed by atoms with Crippen LogP contribution in [0.5, 0.6) is 23.0 Å². The highest BCUT2D eigenvalue weighted by atomic mass is 16.6. The van der Waals surface area contributed by atoms with E-state index >= 15 is 0 Å². The largest absolute Gasteiger partial charge is 0.456 e. The Morgan fingerprint density at radius 1 is 0.460 bits per heavy atom. The first-order valence-corrected chi connectivity index (χ1v) is 17.4. The summed E-state index contributed by atoms with van der Waals surface area (Å²) in [5.74, 6) is 1.34. The fourth-order valence-electron chi connectivity index (χ4n) is 8.38. The van der Waals surface area contributed by atoms with Gasteiger partial charge in [-0.25, -0.2) is 9.59 Å². The van der Waals surface area contributed by atoms with E-state index in [2.05, 4.69) is 49.6 Å². The lowest BCUT2D eigenvalue weighted by molar-refractivity contribution is 0.0195. The molecule has 0 fully saturated rings. The normalized spacial score (nSPS) is 20.0. The van der Waals surface area contributed by atoms with Gasteiger partial charge in [0, 0.05) is 71.9 Å². The minimum Gasteiger partial charge on any atom is -0.456 e. The number of hydrogen-bond donors (Lipinski definition) is 0. The van der Waals surface area contributed by atoms with Crippen LogP contribution in [-0.4, -0.2) is 38.1 Å². The van der Waals surface area contributed by atoms with Crippen LogP contribution in [0, 0.1) is 0 Å². The predicted octanol–water partition coefficient (Wildman–Crippen LogP) is 8.52. The third kappa shape index (κ3) is 3.87. The van der Waals surface area contributed by atoms with E-state index < -0.39 is 23.1 Å². The Morgan fingerprint density at radius 3 is 1.24 bits per heavy atom. The summed E-state index contributed by atoms with van der Waals surface area (Å²) in [4.78, 5) is 31.8. The monoisotopic (exact) mass is 664 g/mol. The van der Waals surface area contributed by atoms with Crippen molar-refractivity contribution in [1.82, 2.24) is 0 Å². The van der Waals surface area contributed by atoms with Crippen molar-refractivity contribution in [2.75, 3.05) is 36.0 Å². The minimum absolute atomic E-state index is 0.407. The molecule has 5 aromatic rings. The summed E-state index contributed by atoms with van der Waals surface area (Å²) in [5.41, 5.74) is 4.61. The van der Waals surface area contributed by atoms with Gasteiger partial charge in [-0.15, -0.1) is 0 Å². The molecule has 5 aromatic carbocycles. The summed E-state index contributed by atoms with van der Waals surface area (Å²) in [6, 6.07) is 31.0. The molecular formula is C42H36N2O6. The van der Waals surface area contributed by atoms with Gasteiger partial charge in [0.1, 0.15) is 23.0 Å². The molecule has 0 amide bonds. The Hall–Kier alpha value is -5.76. The quantitative estimate of drug-likeness (QED) is 0.167. The Labute approximate surface area is 290 Å². The highest BCUT2D eigenvalue weighted by molar-refractivity contribution is 5.98. The van der Waals surface area contributed by atoms with E-state index in [0.717, 1.165) is 59.8 Å². The van der Waals surface area contributed by atoms with Gasteiger partial charge in [-0.1, -0.05) is 36.4 Å². The van der Waals surface area contributed by atoms with Gasteiger partial charge in [0.05, 0.1) is 22.3 Å². The minimum atomic E-state index is -1.29. The molecule has 0 radical (unpaired) electrons. The number of rotatable bonds is 6. The summed E-state index contributed by atoms with van der Waals surface area (Å²) in [6.45, 7) is 11.8. The van der Waals surface area contributed by atoms with Crippen LogP contribution in [0.4, 0.5) is 11.4 Å². The molecule has 50 heavy (non-hydrogen) atoms. The molecule has 250 valence electrons. The van der Waals surface area contributed by atoms with E-state index in [-0.39, 0.29) is 0 Å². The molecule has 0 N–H and O–H groups in total. The van der Waals surface area contributed by atoms with Gasteiger partial charge < -0.3 is 28.7 Å². The van der Waals surface area contributed by atoms with E-state index in [0.29, 0.717) is 45.3 Å². The fourth-order valence-corrected chi connectivity index (χ4v) is 8.38. The highest BCUT2D eigenvalue weighted by Gasteiger charge is 2.57. The number of benzene rings is 5. The van der Waals surface area contributed by atoms with Crippen LogP contribution < -0.4 is 19.3 Å². The lowest BCUT2D eigenvalue weighted by Crippen LogP contribution is -2.36. The van der Waals surface area contributed by atoms with Gasteiger partial charge in [0.15, 0.2) is 11.2 Å². The van der Waals surface area contributed by atoms with Gasteiger partial charge in [-0.2, -0.15) is 0 Å². The lowest BCUT2D eigenvalue weighted by Gasteiger charge is -2.41. The maximum Gasteiger partial charge on any atom is 0.340 e. The molecule has 0 unspecified atom stereocenters. The van der Waals surface area contributed by atoms with Crippen molar-refractivity contribution in [2.24, 2.45) is 0 Å². The van der Waals surface area contributed by atoms with E-state index in [4.69, 9.17) is 18.9 Å². The molecule has 2 spiro atoms. The third-order valence-corrected chi connectivity index (χ3v) is 10.8. The molecule has 0 aliphatic carbocycles. The van der Waals surface area contributed by atoms with Gasteiger partial charge >= 0.3 is 11.9 Å². The van der Waals surface area contributed by atoms with E-state index in [1.165, 1.54) is 0 Å². The summed E-state index contributed by atoms with van der Waals surface area (Å²) < 4.78 is 26.7. The van der Waals surface area contributed by atoms with E-state index in [1.54, 1.807) is 12.1 Å². The molecule has 0 bridgehead atoms. The van der Waals surface area contributed by atoms with Crippen molar-refractivity contribution in [1.29, 1.82) is 0 Å². The molecule has 8 nitrogen and oxygen atoms in total. The maximum absolute atomic E-state index is 13.6. The van der Waals surface area contributed by atoms with Crippen molar-refractivity contribution in [3.63, 3.8) is 0 Å². The predicted molar refractivity (Wildman–Crippen MR) is 190 cm³/mol. The number of nitrogens with zero attached hydrogens (tertiary/aromatic N) is 2. The Kier molecular flexibility index (Phi) is 6.59. The Balaban J connectivity index is 1.33. The second-order valence-electron chi connectivity index (χ2n) is 13.0. The molecule has 0 saturated carbocycles. The van der Waals surface area contributed by atoms with Gasteiger partial charge in [0.2, 0.25) is 0 Å². The third-order valence-electron chi connectivity index (χ3n) is 10.8. The number of esters is 2. The van der Waals surface area contributed by atoms with Crippen molar-refractivity contribution < 1.29 is 28.5 Å². The number of anilines is 2. The summed E-state index contributed by atoms with van der Waals surface area (Å²) in [5, 5.41) is 0. The van der Waals surface area contributed by atoms with Crippen molar-refractivity contribution >= 4 is 23.3 Å². The average molecular weight is 665 g/mol. The van der Waals surface area contributed by atoms with Crippen LogP contribution in [0.1, 0.15) is 81.8 Å². The fraction of sp³-hybridized carbons (Fsp3) is 0.238. The second kappa shape index (κ2) is 10.9. The lowest BCUT2D eigenvalue weighted by atomic mass is 9.74. The molecule has 4 aliphatic heterocycles. The molecular weight excluding hydrogens is 628 g/mol. The van der Waals surface area contributed by atoms with Crippen LogP contribution >= 0.6 is 0 Å². The number of fused-ring (bicyclic) bond motifs is 12. The number of carbonyl (C=O) groups excluding carboxylic acids is 2. The van der Waals surface area contributed by atoms with E-state index in [1.807, 2.05) is 72.8 Å². The SMILES string of the molecule is CCN(CC)c1ccc2c(c1)Oc1cc3c(cc1[C@]21OC(=O)c2ccccc21)Oc1cc(N(CC)CC)ccc1[C@]31OC(=O)c2ccccc21. The average Bonchev–Trinajstić information content (AvgIpc) is 3.60. The van der Waals surface area contributed by atoms with Crippen LogP contribution in [0.15, 0.2) is 97.1 Å².